The average molecular weight is 567 g/mol. The average Bonchev–Trinajstić information content (AvgIpc) is 3.50. The highest BCUT2D eigenvalue weighted by Gasteiger charge is 2.56. The first-order valence-corrected chi connectivity index (χ1v) is 14.6. The fraction of sp³-hybridized carbons (Fsp3) is 0.414. The number of halogens is 2. The molecule has 0 aliphatic heterocycles. The molecule has 0 spiro atoms. The normalized spacial score (nSPS) is 26.6. The Bertz CT molecular complexity index is 1550. The highest BCUT2D eigenvalue weighted by atomic mass is 35.5. The molecule has 2 aromatic carbocycles. The molecule has 7 rings (SSSR count). The lowest BCUT2D eigenvalue weighted by Crippen LogP contribution is -2.44. The van der Waals surface area contributed by atoms with Gasteiger partial charge in [-0.05, 0) is 80.7 Å². The Labute approximate surface area is 234 Å². The van der Waals surface area contributed by atoms with Crippen LogP contribution in [0.15, 0.2) is 40.9 Å². The molecular weight excluding hydrogens is 541 g/mol. The van der Waals surface area contributed by atoms with Gasteiger partial charge < -0.3 is 14.4 Å². The quantitative estimate of drug-likeness (QED) is 0.258. The van der Waals surface area contributed by atoms with Gasteiger partial charge in [-0.1, -0.05) is 34.4 Å². The molecule has 2 atom stereocenters. The maximum atomic E-state index is 12.0. The van der Waals surface area contributed by atoms with Crippen molar-refractivity contribution < 1.29 is 14.4 Å². The van der Waals surface area contributed by atoms with Crippen LogP contribution in [0.2, 0.25) is 10.0 Å². The van der Waals surface area contributed by atoms with E-state index >= 15 is 0 Å². The van der Waals surface area contributed by atoms with E-state index in [4.69, 9.17) is 37.4 Å². The Hall–Kier alpha value is -2.47. The van der Waals surface area contributed by atoms with Crippen LogP contribution in [-0.4, -0.2) is 21.4 Å². The zero-order chi connectivity index (χ0) is 26.0. The second kappa shape index (κ2) is 9.32. The van der Waals surface area contributed by atoms with Gasteiger partial charge in [-0.3, -0.25) is 0 Å². The Kier molecular flexibility index (Phi) is 6.03. The highest BCUT2D eigenvalue weighted by molar-refractivity contribution is 7.18. The first-order valence-electron chi connectivity index (χ1n) is 13.0. The van der Waals surface area contributed by atoms with Crippen LogP contribution < -0.4 is 0 Å². The predicted octanol–water partition coefficient (Wildman–Crippen LogP) is 7.60. The molecule has 3 aliphatic rings. The van der Waals surface area contributed by atoms with Gasteiger partial charge >= 0.3 is 0 Å². The van der Waals surface area contributed by atoms with E-state index in [2.05, 4.69) is 11.2 Å². The number of ether oxygens (including phenoxy) is 1. The summed E-state index contributed by atoms with van der Waals surface area (Å²) < 4.78 is 13.3. The van der Waals surface area contributed by atoms with E-state index in [1.807, 2.05) is 30.3 Å². The highest BCUT2D eigenvalue weighted by Crippen LogP contribution is 2.57. The smallest absolute Gasteiger partial charge is 0.145 e. The third-order valence-corrected chi connectivity index (χ3v) is 10.3. The number of nitrogens with zero attached hydrogens (tertiary/aromatic N) is 3. The lowest BCUT2D eigenvalue weighted by Gasteiger charge is -2.41. The zero-order valence-electron chi connectivity index (χ0n) is 20.5. The minimum atomic E-state index is -0.955. The lowest BCUT2D eigenvalue weighted by molar-refractivity contribution is -0.116. The van der Waals surface area contributed by atoms with Gasteiger partial charge in [-0.2, -0.15) is 5.26 Å². The number of hydrogen-bond donors (Lipinski definition) is 1. The van der Waals surface area contributed by atoms with Crippen LogP contribution in [0.3, 0.4) is 0 Å². The molecule has 2 heterocycles. The van der Waals surface area contributed by atoms with E-state index in [9.17, 15) is 10.4 Å². The molecule has 4 aromatic rings. The summed E-state index contributed by atoms with van der Waals surface area (Å²) in [5.41, 5.74) is 2.75. The van der Waals surface area contributed by atoms with Crippen LogP contribution in [0.4, 0.5) is 0 Å². The summed E-state index contributed by atoms with van der Waals surface area (Å²) in [6.45, 7) is 0.368. The van der Waals surface area contributed by atoms with Crippen molar-refractivity contribution in [1.29, 1.82) is 5.26 Å². The summed E-state index contributed by atoms with van der Waals surface area (Å²) in [7, 11) is 0. The SMILES string of the molecule is N#Cc1ccc2nc(C3(O)C4CCC3CC(OCc3c(-c5c(Cl)cccc5Cl)noc3C3CC3)C4)sc2c1. The number of aliphatic hydroxyl groups is 1. The van der Waals surface area contributed by atoms with Crippen molar-refractivity contribution >= 4 is 44.8 Å². The van der Waals surface area contributed by atoms with Crippen molar-refractivity contribution in [3.05, 3.63) is 68.3 Å². The minimum absolute atomic E-state index is 0.0175. The van der Waals surface area contributed by atoms with Crippen molar-refractivity contribution in [3.63, 3.8) is 0 Å². The van der Waals surface area contributed by atoms with E-state index in [1.165, 1.54) is 11.3 Å². The third-order valence-electron chi connectivity index (χ3n) is 8.49. The maximum absolute atomic E-state index is 12.0. The largest absolute Gasteiger partial charge is 0.382 e. The molecule has 194 valence electrons. The molecule has 0 radical (unpaired) electrons. The Morgan fingerprint density at radius 3 is 2.53 bits per heavy atom. The second-order valence-corrected chi connectivity index (χ2v) is 12.6. The lowest BCUT2D eigenvalue weighted by atomic mass is 9.73. The van der Waals surface area contributed by atoms with Gasteiger partial charge in [0.05, 0.1) is 44.6 Å². The molecule has 38 heavy (non-hydrogen) atoms. The fourth-order valence-electron chi connectivity index (χ4n) is 6.40. The Balaban J connectivity index is 1.13. The summed E-state index contributed by atoms with van der Waals surface area (Å²) in [5.74, 6) is 1.39. The number of fused-ring (bicyclic) bond motifs is 3. The van der Waals surface area contributed by atoms with Gasteiger partial charge in [0.25, 0.3) is 0 Å². The Morgan fingerprint density at radius 1 is 1.11 bits per heavy atom. The summed E-state index contributed by atoms with van der Waals surface area (Å²) in [6.07, 6.45) is 5.59. The number of rotatable bonds is 6. The van der Waals surface area contributed by atoms with Gasteiger partial charge in [-0.15, -0.1) is 11.3 Å². The molecule has 3 fully saturated rings. The summed E-state index contributed by atoms with van der Waals surface area (Å²) in [4.78, 5) is 4.81. The van der Waals surface area contributed by atoms with Gasteiger partial charge in [0.2, 0.25) is 0 Å². The first kappa shape index (κ1) is 24.6. The molecule has 2 bridgehead atoms. The van der Waals surface area contributed by atoms with Crippen molar-refractivity contribution in [2.45, 2.75) is 62.8 Å². The number of benzene rings is 2. The van der Waals surface area contributed by atoms with Crippen molar-refractivity contribution in [1.82, 2.24) is 10.1 Å². The summed E-state index contributed by atoms with van der Waals surface area (Å²) in [6, 6.07) is 13.1. The molecule has 3 aliphatic carbocycles. The standard InChI is InChI=1S/C29H25Cl2N3O3S/c30-21-2-1-3-22(31)25(21)26-20(27(37-34-26)16-5-6-16)14-36-19-11-17-7-8-18(12-19)29(17,35)28-33-23-9-4-15(13-32)10-24(23)38-28/h1-4,9-10,16-19,35H,5-8,11-12,14H2. The van der Waals surface area contributed by atoms with E-state index < -0.39 is 5.60 Å². The van der Waals surface area contributed by atoms with Gasteiger partial charge in [0.1, 0.15) is 22.1 Å². The zero-order valence-corrected chi connectivity index (χ0v) is 22.8. The molecule has 9 heteroatoms. The van der Waals surface area contributed by atoms with Crippen LogP contribution in [0.5, 0.6) is 0 Å². The van der Waals surface area contributed by atoms with E-state index in [1.54, 1.807) is 6.07 Å². The molecular formula is C29H25Cl2N3O3S. The Morgan fingerprint density at radius 2 is 1.84 bits per heavy atom. The van der Waals surface area contributed by atoms with E-state index in [-0.39, 0.29) is 17.9 Å². The maximum Gasteiger partial charge on any atom is 0.145 e. The van der Waals surface area contributed by atoms with Crippen molar-refractivity contribution in [2.24, 2.45) is 11.8 Å². The molecule has 0 amide bonds. The van der Waals surface area contributed by atoms with Crippen LogP contribution >= 0.6 is 34.5 Å². The third kappa shape index (κ3) is 3.97. The fourth-order valence-corrected chi connectivity index (χ4v) is 8.23. The second-order valence-electron chi connectivity index (χ2n) is 10.8. The topological polar surface area (TPSA) is 92.2 Å². The molecule has 1 N–H and O–H groups in total. The van der Waals surface area contributed by atoms with E-state index in [0.29, 0.717) is 39.4 Å². The van der Waals surface area contributed by atoms with Crippen LogP contribution in [0.1, 0.15) is 66.3 Å². The van der Waals surface area contributed by atoms with E-state index in [0.717, 1.165) is 65.1 Å². The summed E-state index contributed by atoms with van der Waals surface area (Å²) in [5, 5.41) is 27.5. The molecule has 2 aromatic heterocycles. The number of aromatic nitrogens is 2. The first-order chi connectivity index (χ1) is 18.5. The number of hydrogen-bond acceptors (Lipinski definition) is 7. The molecule has 3 saturated carbocycles. The van der Waals surface area contributed by atoms with Crippen LogP contribution in [-0.2, 0) is 16.9 Å². The number of thiazole rings is 1. The van der Waals surface area contributed by atoms with Gasteiger partial charge in [0.15, 0.2) is 0 Å². The predicted molar refractivity (Wildman–Crippen MR) is 146 cm³/mol. The monoisotopic (exact) mass is 565 g/mol. The van der Waals surface area contributed by atoms with Gasteiger partial charge in [-0.25, -0.2) is 4.98 Å². The molecule has 6 nitrogen and oxygen atoms in total. The van der Waals surface area contributed by atoms with Crippen molar-refractivity contribution in [3.8, 4) is 17.3 Å². The number of nitriles is 1. The molecule has 2 unspecified atom stereocenters. The minimum Gasteiger partial charge on any atom is -0.382 e. The van der Waals surface area contributed by atoms with Crippen LogP contribution in [0, 0.1) is 23.2 Å². The summed E-state index contributed by atoms with van der Waals surface area (Å²) >= 11 is 14.5. The van der Waals surface area contributed by atoms with Crippen LogP contribution in [0.25, 0.3) is 21.5 Å². The molecule has 0 saturated heterocycles. The van der Waals surface area contributed by atoms with Crippen molar-refractivity contribution in [2.75, 3.05) is 0 Å². The van der Waals surface area contributed by atoms with Gasteiger partial charge in [0, 0.05) is 17.0 Å².